The Morgan fingerprint density at radius 3 is 1.80 bits per heavy atom. The van der Waals surface area contributed by atoms with Crippen LogP contribution in [-0.4, -0.2) is 6.04 Å². The van der Waals surface area contributed by atoms with Gasteiger partial charge in [0.05, 0.1) is 0 Å². The van der Waals surface area contributed by atoms with Crippen molar-refractivity contribution in [3.63, 3.8) is 0 Å². The summed E-state index contributed by atoms with van der Waals surface area (Å²) in [6, 6.07) is 0.648. The average Bonchev–Trinajstić information content (AvgIpc) is 2.11. The summed E-state index contributed by atoms with van der Waals surface area (Å²) in [7, 11) is 0. The molecule has 1 nitrogen and oxygen atoms in total. The van der Waals surface area contributed by atoms with Gasteiger partial charge in [-0.1, -0.05) is 0 Å². The Bertz CT molecular complexity index is 55.3. The summed E-state index contributed by atoms with van der Waals surface area (Å²) in [6.07, 6.45) is 1.45. The zero-order chi connectivity index (χ0) is 3.44. The van der Waals surface area contributed by atoms with Crippen molar-refractivity contribution in [1.29, 1.82) is 0 Å². The molecule has 0 aromatic rings. The monoisotopic (exact) mass is 69.1 g/mol. The van der Waals surface area contributed by atoms with Crippen molar-refractivity contribution in [1.82, 2.24) is 0 Å². The van der Waals surface area contributed by atoms with Gasteiger partial charge in [0, 0.05) is 6.04 Å². The molecule has 0 heterocycles. The molecule has 0 radical (unpaired) electrons. The normalized spacial score (nSPS) is 70.2. The maximum absolute atomic E-state index is 5.42. The summed E-state index contributed by atoms with van der Waals surface area (Å²) in [6.45, 7) is 0. The van der Waals surface area contributed by atoms with Gasteiger partial charge < -0.3 is 5.73 Å². The molecule has 0 aromatic carbocycles. The van der Waals surface area contributed by atoms with Gasteiger partial charge in [-0.05, 0) is 18.3 Å². The van der Waals surface area contributed by atoms with Crippen LogP contribution in [0.3, 0.4) is 0 Å². The van der Waals surface area contributed by atoms with Crippen molar-refractivity contribution < 1.29 is 0 Å². The van der Waals surface area contributed by atoms with Gasteiger partial charge in [0.25, 0.3) is 0 Å². The fourth-order valence-corrected chi connectivity index (χ4v) is 0.829. The molecule has 2 saturated carbocycles. The molecule has 2 unspecified atom stereocenters. The quantitative estimate of drug-likeness (QED) is 0.424. The van der Waals surface area contributed by atoms with Gasteiger partial charge in [0.1, 0.15) is 0 Å². The van der Waals surface area contributed by atoms with Crippen molar-refractivity contribution in [2.45, 2.75) is 12.5 Å². The summed E-state index contributed by atoms with van der Waals surface area (Å²) < 4.78 is 0. The Morgan fingerprint density at radius 1 is 1.40 bits per heavy atom. The van der Waals surface area contributed by atoms with Crippen LogP contribution in [0, 0.1) is 11.8 Å². The van der Waals surface area contributed by atoms with Crippen LogP contribution in [0.25, 0.3) is 0 Å². The van der Waals surface area contributed by atoms with Crippen molar-refractivity contribution in [3.05, 3.63) is 0 Å². The molecular formula is C4H7N. The van der Waals surface area contributed by atoms with E-state index in [1.165, 1.54) is 6.42 Å². The van der Waals surface area contributed by atoms with E-state index in [-0.39, 0.29) is 0 Å². The topological polar surface area (TPSA) is 26.0 Å². The predicted molar refractivity (Wildman–Crippen MR) is 19.6 cm³/mol. The number of fused-ring (bicyclic) bond motifs is 1. The zero-order valence-corrected chi connectivity index (χ0v) is 3.02. The minimum absolute atomic E-state index is 0.648. The van der Waals surface area contributed by atoms with Gasteiger partial charge in [0.15, 0.2) is 0 Å². The third-order valence-corrected chi connectivity index (χ3v) is 1.74. The lowest BCUT2D eigenvalue weighted by Crippen LogP contribution is -2.07. The second kappa shape index (κ2) is 0.350. The molecule has 0 spiro atoms. The summed E-state index contributed by atoms with van der Waals surface area (Å²) in [5.41, 5.74) is 5.42. The molecule has 0 saturated heterocycles. The molecule has 28 valence electrons. The number of nitrogens with two attached hydrogens (primary N) is 1. The highest BCUT2D eigenvalue weighted by Crippen LogP contribution is 2.60. The second-order valence-electron chi connectivity index (χ2n) is 2.14. The lowest BCUT2D eigenvalue weighted by atomic mass is 10.4. The molecule has 2 aliphatic rings. The van der Waals surface area contributed by atoms with Gasteiger partial charge in [-0.2, -0.15) is 0 Å². The van der Waals surface area contributed by atoms with Crippen LogP contribution in [0.5, 0.6) is 0 Å². The van der Waals surface area contributed by atoms with E-state index in [2.05, 4.69) is 0 Å². The van der Waals surface area contributed by atoms with E-state index in [4.69, 9.17) is 5.73 Å². The van der Waals surface area contributed by atoms with Crippen LogP contribution in [0.1, 0.15) is 6.42 Å². The summed E-state index contributed by atoms with van der Waals surface area (Å²) in [5, 5.41) is 0. The fraction of sp³-hybridized carbons (Fsp3) is 1.00. The minimum Gasteiger partial charge on any atom is -0.327 e. The Labute approximate surface area is 31.2 Å². The minimum atomic E-state index is 0.648. The van der Waals surface area contributed by atoms with Crippen LogP contribution >= 0.6 is 0 Å². The molecule has 1 heteroatoms. The molecule has 2 rings (SSSR count). The van der Waals surface area contributed by atoms with Crippen LogP contribution in [-0.2, 0) is 0 Å². The summed E-state index contributed by atoms with van der Waals surface area (Å²) >= 11 is 0. The Morgan fingerprint density at radius 2 is 1.80 bits per heavy atom. The third-order valence-electron chi connectivity index (χ3n) is 1.74. The van der Waals surface area contributed by atoms with Gasteiger partial charge >= 0.3 is 0 Å². The number of hydrogen-bond acceptors (Lipinski definition) is 1. The smallest absolute Gasteiger partial charge is 0.0102 e. The Balaban J connectivity index is 2.19. The first-order valence-electron chi connectivity index (χ1n) is 2.15. The van der Waals surface area contributed by atoms with Crippen molar-refractivity contribution >= 4 is 0 Å². The highest BCUT2D eigenvalue weighted by atomic mass is 14.9. The van der Waals surface area contributed by atoms with Crippen molar-refractivity contribution in [2.75, 3.05) is 0 Å². The molecule has 0 aliphatic heterocycles. The molecule has 3 atom stereocenters. The van der Waals surface area contributed by atoms with Crippen LogP contribution in [0.4, 0.5) is 0 Å². The van der Waals surface area contributed by atoms with E-state index < -0.39 is 0 Å². The molecule has 2 aliphatic carbocycles. The predicted octanol–water partition coefficient (Wildman–Crippen LogP) is -0.0366. The second-order valence-corrected chi connectivity index (χ2v) is 2.14. The van der Waals surface area contributed by atoms with Gasteiger partial charge in [-0.3, -0.25) is 0 Å². The standard InChI is InChI=1S/C4H7N/c5-4-2-1-3(2)4/h2-4H,1,5H2/t2-,3?,4?/m1/s1. The Hall–Kier alpha value is -0.0400. The molecule has 0 amide bonds. The molecule has 2 fully saturated rings. The molecule has 5 heavy (non-hydrogen) atoms. The summed E-state index contributed by atoms with van der Waals surface area (Å²) in [4.78, 5) is 0. The van der Waals surface area contributed by atoms with E-state index in [0.717, 1.165) is 11.8 Å². The largest absolute Gasteiger partial charge is 0.327 e. The molecular weight excluding hydrogens is 62.1 g/mol. The first-order valence-corrected chi connectivity index (χ1v) is 2.15. The highest BCUT2D eigenvalue weighted by Gasteiger charge is 2.62. The zero-order valence-electron chi connectivity index (χ0n) is 3.02. The van der Waals surface area contributed by atoms with Gasteiger partial charge in [-0.25, -0.2) is 0 Å². The maximum atomic E-state index is 5.42. The lowest BCUT2D eigenvalue weighted by Gasteiger charge is -1.83. The van der Waals surface area contributed by atoms with E-state index in [0.29, 0.717) is 6.04 Å². The number of rotatable bonds is 0. The third kappa shape index (κ3) is 0.106. The van der Waals surface area contributed by atoms with E-state index >= 15 is 0 Å². The van der Waals surface area contributed by atoms with Crippen LogP contribution in [0.2, 0.25) is 0 Å². The van der Waals surface area contributed by atoms with Gasteiger partial charge in [0.2, 0.25) is 0 Å². The van der Waals surface area contributed by atoms with E-state index in [1.54, 1.807) is 0 Å². The Kier molecular flexibility index (Phi) is 0.153. The molecule has 0 bridgehead atoms. The first-order chi connectivity index (χ1) is 2.39. The number of hydrogen-bond donors (Lipinski definition) is 1. The van der Waals surface area contributed by atoms with Crippen molar-refractivity contribution in [2.24, 2.45) is 17.6 Å². The maximum Gasteiger partial charge on any atom is 0.0102 e. The van der Waals surface area contributed by atoms with E-state index in [1.807, 2.05) is 0 Å². The first kappa shape index (κ1) is 2.19. The fourth-order valence-electron chi connectivity index (χ4n) is 0.829. The molecule has 2 N–H and O–H groups in total. The average molecular weight is 69.1 g/mol. The van der Waals surface area contributed by atoms with Crippen LogP contribution < -0.4 is 5.73 Å². The van der Waals surface area contributed by atoms with Crippen molar-refractivity contribution in [3.8, 4) is 0 Å². The SMILES string of the molecule is NC1C2C[C@@H]12. The highest BCUT2D eigenvalue weighted by molar-refractivity contribution is 5.15. The molecule has 0 aromatic heterocycles. The lowest BCUT2D eigenvalue weighted by molar-refractivity contribution is 0.759. The van der Waals surface area contributed by atoms with Gasteiger partial charge in [-0.15, -0.1) is 0 Å². The summed E-state index contributed by atoms with van der Waals surface area (Å²) in [5.74, 6) is 1.99. The van der Waals surface area contributed by atoms with E-state index in [9.17, 15) is 0 Å². The van der Waals surface area contributed by atoms with Crippen LogP contribution in [0.15, 0.2) is 0 Å².